The summed E-state index contributed by atoms with van der Waals surface area (Å²) in [5.41, 5.74) is 0. The molecule has 0 spiro atoms. The first-order valence-electron chi connectivity index (χ1n) is 6.58. The van der Waals surface area contributed by atoms with Crippen LogP contribution in [-0.2, 0) is 4.79 Å². The topological polar surface area (TPSA) is 65.0 Å². The van der Waals surface area contributed by atoms with E-state index in [-0.39, 0.29) is 18.0 Å². The minimum Gasteiger partial charge on any atom is -0.336 e. The summed E-state index contributed by atoms with van der Waals surface area (Å²) in [4.78, 5) is 31.7. The van der Waals surface area contributed by atoms with Crippen LogP contribution in [-0.4, -0.2) is 58.0 Å². The second-order valence-electron chi connectivity index (χ2n) is 4.80. The highest BCUT2D eigenvalue weighted by atomic mass is 32.2. The molecule has 2 aliphatic heterocycles. The molecule has 1 N–H and O–H groups in total. The van der Waals surface area contributed by atoms with Crippen LogP contribution in [0, 0.1) is 0 Å². The molecule has 0 aromatic carbocycles. The van der Waals surface area contributed by atoms with Crippen LogP contribution in [0.1, 0.15) is 27.2 Å². The van der Waals surface area contributed by atoms with Gasteiger partial charge in [-0.05, 0) is 13.3 Å². The van der Waals surface area contributed by atoms with Crippen LogP contribution in [0.3, 0.4) is 0 Å². The molecule has 6 nitrogen and oxygen atoms in total. The van der Waals surface area contributed by atoms with Crippen LogP contribution in [0.15, 0.2) is 4.99 Å². The molecule has 0 aliphatic carbocycles. The van der Waals surface area contributed by atoms with Crippen LogP contribution >= 0.6 is 11.8 Å². The quantitative estimate of drug-likeness (QED) is 0.842. The number of fused-ring (bicyclic) bond motifs is 1. The minimum atomic E-state index is -0.396. The number of hydrogen-bond acceptors (Lipinski definition) is 5. The van der Waals surface area contributed by atoms with Crippen LogP contribution < -0.4 is 5.32 Å². The highest BCUT2D eigenvalue weighted by molar-refractivity contribution is 8.14. The number of aliphatic imine (C=N–C) groups is 1. The Kier molecular flexibility index (Phi) is 4.03. The number of carbonyl (C=O) groups excluding carboxylic acids is 2. The number of amidine groups is 1. The summed E-state index contributed by atoms with van der Waals surface area (Å²) < 4.78 is 0. The second kappa shape index (κ2) is 5.40. The lowest BCUT2D eigenvalue weighted by Crippen LogP contribution is -2.63. The molecule has 2 aliphatic rings. The van der Waals surface area contributed by atoms with Gasteiger partial charge in [0.15, 0.2) is 17.4 Å². The number of carbonyl (C=O) groups is 2. The largest absolute Gasteiger partial charge is 0.336 e. The SMILES string of the molecule is CCC(C)SC1=NC2C(C(=O)NC(=O)N2C)N1CC. The van der Waals surface area contributed by atoms with Gasteiger partial charge in [0.25, 0.3) is 5.91 Å². The number of imide groups is 1. The van der Waals surface area contributed by atoms with E-state index in [4.69, 9.17) is 0 Å². The molecule has 0 radical (unpaired) electrons. The molecule has 3 amide bonds. The number of nitrogens with zero attached hydrogens (tertiary/aromatic N) is 3. The number of amides is 3. The fraction of sp³-hybridized carbons (Fsp3) is 0.750. The molecular weight excluding hydrogens is 264 g/mol. The van der Waals surface area contributed by atoms with Crippen LogP contribution in [0.25, 0.3) is 0 Å². The number of thioether (sulfide) groups is 1. The summed E-state index contributed by atoms with van der Waals surface area (Å²) in [6, 6.07) is -0.764. The van der Waals surface area contributed by atoms with Crippen LogP contribution in [0.5, 0.6) is 0 Å². The minimum absolute atomic E-state index is 0.251. The smallest absolute Gasteiger partial charge is 0.325 e. The molecule has 3 atom stereocenters. The van der Waals surface area contributed by atoms with Crippen molar-refractivity contribution in [1.82, 2.24) is 15.1 Å². The van der Waals surface area contributed by atoms with E-state index in [0.717, 1.165) is 11.6 Å². The summed E-state index contributed by atoms with van der Waals surface area (Å²) in [5, 5.41) is 3.68. The molecule has 3 unspecified atom stereocenters. The average Bonchev–Trinajstić information content (AvgIpc) is 2.74. The van der Waals surface area contributed by atoms with Crippen LogP contribution in [0.4, 0.5) is 4.79 Å². The van der Waals surface area contributed by atoms with Crippen molar-refractivity contribution >= 4 is 28.9 Å². The zero-order valence-corrected chi connectivity index (χ0v) is 12.5. The lowest BCUT2D eigenvalue weighted by Gasteiger charge is -2.35. The Labute approximate surface area is 117 Å². The van der Waals surface area contributed by atoms with Crippen LogP contribution in [0.2, 0.25) is 0 Å². The van der Waals surface area contributed by atoms with Gasteiger partial charge in [-0.2, -0.15) is 0 Å². The third kappa shape index (κ3) is 2.43. The Balaban J connectivity index is 2.25. The van der Waals surface area contributed by atoms with E-state index in [0.29, 0.717) is 11.8 Å². The molecule has 0 aromatic heterocycles. The summed E-state index contributed by atoms with van der Waals surface area (Å²) in [6.45, 7) is 6.97. The van der Waals surface area contributed by atoms with Crippen molar-refractivity contribution in [3.05, 3.63) is 0 Å². The first kappa shape index (κ1) is 14.2. The van der Waals surface area contributed by atoms with Crippen molar-refractivity contribution in [2.75, 3.05) is 13.6 Å². The van der Waals surface area contributed by atoms with Crippen molar-refractivity contribution in [2.45, 2.75) is 44.6 Å². The predicted octanol–water partition coefficient (Wildman–Crippen LogP) is 1.09. The number of nitrogens with one attached hydrogen (secondary N) is 1. The van der Waals surface area contributed by atoms with E-state index in [9.17, 15) is 9.59 Å². The van der Waals surface area contributed by atoms with Crippen molar-refractivity contribution < 1.29 is 9.59 Å². The van der Waals surface area contributed by atoms with E-state index < -0.39 is 6.17 Å². The monoisotopic (exact) mass is 284 g/mol. The molecule has 7 heteroatoms. The number of likely N-dealkylation sites (N-methyl/N-ethyl adjacent to an activating group) is 2. The van der Waals surface area contributed by atoms with Gasteiger partial charge in [-0.3, -0.25) is 10.1 Å². The molecule has 0 aromatic rings. The fourth-order valence-corrected chi connectivity index (χ4v) is 3.27. The molecule has 2 heterocycles. The molecule has 2 rings (SSSR count). The van der Waals surface area contributed by atoms with E-state index >= 15 is 0 Å². The highest BCUT2D eigenvalue weighted by Gasteiger charge is 2.48. The molecule has 0 bridgehead atoms. The maximum atomic E-state index is 12.0. The van der Waals surface area contributed by atoms with Crippen molar-refractivity contribution in [3.63, 3.8) is 0 Å². The molecule has 1 saturated heterocycles. The Bertz CT molecular complexity index is 426. The summed E-state index contributed by atoms with van der Waals surface area (Å²) in [5.74, 6) is -0.251. The van der Waals surface area contributed by atoms with Gasteiger partial charge in [0.05, 0.1) is 0 Å². The Morgan fingerprint density at radius 3 is 2.68 bits per heavy atom. The van der Waals surface area contributed by atoms with E-state index in [1.807, 2.05) is 11.8 Å². The van der Waals surface area contributed by atoms with Crippen molar-refractivity contribution in [2.24, 2.45) is 4.99 Å². The first-order chi connectivity index (χ1) is 8.99. The van der Waals surface area contributed by atoms with Gasteiger partial charge in [0.1, 0.15) is 0 Å². The maximum absolute atomic E-state index is 12.0. The van der Waals surface area contributed by atoms with E-state index in [2.05, 4.69) is 24.2 Å². The molecule has 106 valence electrons. The van der Waals surface area contributed by atoms with Crippen molar-refractivity contribution in [1.29, 1.82) is 0 Å². The van der Waals surface area contributed by atoms with E-state index in [1.165, 1.54) is 4.90 Å². The van der Waals surface area contributed by atoms with Gasteiger partial charge in [-0.25, -0.2) is 9.79 Å². The van der Waals surface area contributed by atoms with Gasteiger partial charge < -0.3 is 9.80 Å². The maximum Gasteiger partial charge on any atom is 0.325 e. The number of urea groups is 1. The Morgan fingerprint density at radius 1 is 1.42 bits per heavy atom. The third-order valence-corrected chi connectivity index (χ3v) is 4.83. The number of rotatable bonds is 3. The zero-order valence-electron chi connectivity index (χ0n) is 11.7. The van der Waals surface area contributed by atoms with Gasteiger partial charge in [-0.15, -0.1) is 0 Å². The lowest BCUT2D eigenvalue weighted by atomic mass is 10.1. The first-order valence-corrected chi connectivity index (χ1v) is 7.46. The van der Waals surface area contributed by atoms with Gasteiger partial charge in [-0.1, -0.05) is 25.6 Å². The fourth-order valence-electron chi connectivity index (χ4n) is 2.19. The molecule has 1 fully saturated rings. The highest BCUT2D eigenvalue weighted by Crippen LogP contribution is 2.30. The standard InChI is InChI=1S/C12H20N4O2S/c1-5-7(3)19-12-13-9-8(16(12)6-2)10(17)14-11(18)15(9)4/h7-9H,5-6H2,1-4H3,(H,14,17,18). The summed E-state index contributed by atoms with van der Waals surface area (Å²) in [6.07, 6.45) is 0.644. The zero-order chi connectivity index (χ0) is 14.2. The Hall–Kier alpha value is -1.24. The summed E-state index contributed by atoms with van der Waals surface area (Å²) in [7, 11) is 1.67. The summed E-state index contributed by atoms with van der Waals surface area (Å²) >= 11 is 1.67. The van der Waals surface area contributed by atoms with Gasteiger partial charge in [0, 0.05) is 18.8 Å². The molecule has 0 saturated carbocycles. The van der Waals surface area contributed by atoms with E-state index in [1.54, 1.807) is 18.8 Å². The predicted molar refractivity (Wildman–Crippen MR) is 76.0 cm³/mol. The van der Waals surface area contributed by atoms with Gasteiger partial charge >= 0.3 is 6.03 Å². The third-order valence-electron chi connectivity index (χ3n) is 3.54. The van der Waals surface area contributed by atoms with Gasteiger partial charge in [0.2, 0.25) is 0 Å². The normalized spacial score (nSPS) is 28.1. The van der Waals surface area contributed by atoms with Crippen molar-refractivity contribution in [3.8, 4) is 0 Å². The lowest BCUT2D eigenvalue weighted by molar-refractivity contribution is -0.127. The second-order valence-corrected chi connectivity index (χ2v) is 6.20. The molecule has 19 heavy (non-hydrogen) atoms. The molecular formula is C12H20N4O2S. The average molecular weight is 284 g/mol. The Morgan fingerprint density at radius 2 is 2.11 bits per heavy atom. The number of hydrogen-bond donors (Lipinski definition) is 1.